The first-order valence-electron chi connectivity index (χ1n) is 8.31. The maximum atomic E-state index is 4.63. The van der Waals surface area contributed by atoms with Crippen molar-refractivity contribution in [2.75, 3.05) is 31.6 Å². The van der Waals surface area contributed by atoms with E-state index in [0.717, 1.165) is 36.3 Å². The number of aliphatic imine (C=N–C) groups is 1. The van der Waals surface area contributed by atoms with Crippen molar-refractivity contribution in [2.24, 2.45) is 4.99 Å². The predicted molar refractivity (Wildman–Crippen MR) is 104 cm³/mol. The number of nitrogens with one attached hydrogen (secondary N) is 2. The molecule has 0 saturated heterocycles. The largest absolute Gasteiger partial charge is 0.373 e. The molecule has 0 aliphatic heterocycles. The molecule has 0 unspecified atom stereocenters. The lowest BCUT2D eigenvalue weighted by Crippen LogP contribution is -2.41. The zero-order valence-corrected chi connectivity index (χ0v) is 15.8. The molecule has 0 spiro atoms. The Bertz CT molecular complexity index is 631. The first-order valence-corrected chi connectivity index (χ1v) is 9.13. The summed E-state index contributed by atoms with van der Waals surface area (Å²) >= 11 is 1.72. The number of hydrogen-bond donors (Lipinski definition) is 2. The van der Waals surface area contributed by atoms with E-state index in [-0.39, 0.29) is 0 Å². The molecule has 130 valence electrons. The molecule has 1 aromatic carbocycles. The summed E-state index contributed by atoms with van der Waals surface area (Å²) in [7, 11) is 2.10. The average Bonchev–Trinajstić information content (AvgIpc) is 2.91. The number of benzene rings is 1. The number of anilines is 1. The minimum absolute atomic E-state index is 0.614. The predicted octanol–water partition coefficient (Wildman–Crippen LogP) is 2.95. The Morgan fingerprint density at radius 2 is 1.96 bits per heavy atom. The van der Waals surface area contributed by atoms with Gasteiger partial charge in [0.1, 0.15) is 5.01 Å². The fourth-order valence-corrected chi connectivity index (χ4v) is 3.11. The van der Waals surface area contributed by atoms with Crippen LogP contribution in [0.4, 0.5) is 5.69 Å². The number of guanidine groups is 1. The zero-order chi connectivity index (χ0) is 17.4. The van der Waals surface area contributed by atoms with Crippen molar-refractivity contribution < 1.29 is 0 Å². The number of para-hydroxylation sites is 1. The molecule has 0 bridgehead atoms. The number of thiazole rings is 1. The quantitative estimate of drug-likeness (QED) is 0.598. The summed E-state index contributed by atoms with van der Waals surface area (Å²) in [6.07, 6.45) is 0. The first kappa shape index (κ1) is 18.3. The van der Waals surface area contributed by atoms with E-state index in [4.69, 9.17) is 0 Å². The van der Waals surface area contributed by atoms with E-state index >= 15 is 0 Å². The highest BCUT2D eigenvalue weighted by Crippen LogP contribution is 2.16. The highest BCUT2D eigenvalue weighted by molar-refractivity contribution is 7.11. The second kappa shape index (κ2) is 9.27. The molecular weight excluding hydrogens is 318 g/mol. The molecule has 5 nitrogen and oxygen atoms in total. The van der Waals surface area contributed by atoms with Crippen LogP contribution in [0.3, 0.4) is 0 Å². The van der Waals surface area contributed by atoms with Crippen LogP contribution in [0.15, 0.2) is 35.3 Å². The van der Waals surface area contributed by atoms with Crippen LogP contribution in [-0.4, -0.2) is 37.6 Å². The molecule has 6 heteroatoms. The van der Waals surface area contributed by atoms with Crippen LogP contribution in [-0.2, 0) is 6.54 Å². The van der Waals surface area contributed by atoms with Crippen LogP contribution < -0.4 is 15.5 Å². The van der Waals surface area contributed by atoms with Gasteiger partial charge >= 0.3 is 0 Å². The normalized spacial score (nSPS) is 11.4. The molecule has 1 heterocycles. The fraction of sp³-hybridized carbons (Fsp3) is 0.444. The van der Waals surface area contributed by atoms with Gasteiger partial charge in [-0.25, -0.2) is 9.98 Å². The van der Waals surface area contributed by atoms with E-state index in [9.17, 15) is 0 Å². The third kappa shape index (κ3) is 5.53. The highest BCUT2D eigenvalue weighted by Gasteiger charge is 2.04. The number of nitrogens with zero attached hydrogens (tertiary/aromatic N) is 3. The van der Waals surface area contributed by atoms with Gasteiger partial charge < -0.3 is 15.5 Å². The van der Waals surface area contributed by atoms with Crippen molar-refractivity contribution in [2.45, 2.75) is 27.3 Å². The Hall–Kier alpha value is -2.08. The van der Waals surface area contributed by atoms with Crippen molar-refractivity contribution in [3.63, 3.8) is 0 Å². The van der Waals surface area contributed by atoms with Crippen molar-refractivity contribution in [3.8, 4) is 0 Å². The Morgan fingerprint density at radius 1 is 1.21 bits per heavy atom. The second-order valence-corrected chi connectivity index (χ2v) is 6.92. The molecule has 0 aliphatic carbocycles. The summed E-state index contributed by atoms with van der Waals surface area (Å²) in [5.41, 5.74) is 2.32. The van der Waals surface area contributed by atoms with Gasteiger partial charge in [-0.3, -0.25) is 0 Å². The summed E-state index contributed by atoms with van der Waals surface area (Å²) in [5, 5.41) is 7.73. The molecule has 2 N–H and O–H groups in total. The smallest absolute Gasteiger partial charge is 0.191 e. The molecule has 1 aromatic heterocycles. The van der Waals surface area contributed by atoms with E-state index in [1.807, 2.05) is 13.0 Å². The van der Waals surface area contributed by atoms with Crippen LogP contribution in [0, 0.1) is 13.8 Å². The van der Waals surface area contributed by atoms with Crippen molar-refractivity contribution >= 4 is 23.0 Å². The molecule has 0 atom stereocenters. The summed E-state index contributed by atoms with van der Waals surface area (Å²) < 4.78 is 0. The van der Waals surface area contributed by atoms with Crippen molar-refractivity contribution in [1.29, 1.82) is 0 Å². The molecule has 2 rings (SSSR count). The van der Waals surface area contributed by atoms with Gasteiger partial charge in [0.25, 0.3) is 0 Å². The van der Waals surface area contributed by atoms with E-state index in [1.54, 1.807) is 11.3 Å². The molecular formula is C18H27N5S. The summed E-state index contributed by atoms with van der Waals surface area (Å²) in [5.74, 6) is 0.837. The van der Waals surface area contributed by atoms with Crippen molar-refractivity contribution in [1.82, 2.24) is 15.6 Å². The number of likely N-dealkylation sites (N-methyl/N-ethyl adjacent to an activating group) is 1. The summed E-state index contributed by atoms with van der Waals surface area (Å²) in [6.45, 7) is 9.41. The van der Waals surface area contributed by atoms with Crippen molar-refractivity contribution in [3.05, 3.63) is 45.9 Å². The Kier molecular flexibility index (Phi) is 7.06. The molecule has 0 aliphatic rings. The van der Waals surface area contributed by atoms with E-state index in [0.29, 0.717) is 6.54 Å². The van der Waals surface area contributed by atoms with Gasteiger partial charge in [-0.15, -0.1) is 11.3 Å². The van der Waals surface area contributed by atoms with E-state index in [1.165, 1.54) is 10.6 Å². The van der Waals surface area contributed by atoms with E-state index in [2.05, 4.69) is 70.7 Å². The highest BCUT2D eigenvalue weighted by atomic mass is 32.1. The van der Waals surface area contributed by atoms with Gasteiger partial charge in [0.15, 0.2) is 5.96 Å². The minimum atomic E-state index is 0.614. The Morgan fingerprint density at radius 3 is 2.58 bits per heavy atom. The third-order valence-corrected chi connectivity index (χ3v) is 4.78. The number of aromatic nitrogens is 1. The van der Waals surface area contributed by atoms with Crippen LogP contribution in [0.25, 0.3) is 0 Å². The lowest BCUT2D eigenvalue weighted by Gasteiger charge is -2.20. The van der Waals surface area contributed by atoms with Crippen LogP contribution in [0.2, 0.25) is 0 Å². The monoisotopic (exact) mass is 345 g/mol. The van der Waals surface area contributed by atoms with Crippen LogP contribution in [0.5, 0.6) is 0 Å². The average molecular weight is 346 g/mol. The lowest BCUT2D eigenvalue weighted by atomic mass is 10.3. The summed E-state index contributed by atoms with van der Waals surface area (Å²) in [4.78, 5) is 12.7. The molecule has 0 radical (unpaired) electrons. The number of rotatable bonds is 7. The van der Waals surface area contributed by atoms with Gasteiger partial charge in [-0.1, -0.05) is 18.2 Å². The Labute approximate surface area is 148 Å². The molecule has 24 heavy (non-hydrogen) atoms. The van der Waals surface area contributed by atoms with Crippen LogP contribution in [0.1, 0.15) is 22.5 Å². The first-order chi connectivity index (χ1) is 11.6. The van der Waals surface area contributed by atoms with Gasteiger partial charge in [0.2, 0.25) is 0 Å². The number of hydrogen-bond acceptors (Lipinski definition) is 4. The lowest BCUT2D eigenvalue weighted by molar-refractivity contribution is 0.780. The van der Waals surface area contributed by atoms with Gasteiger partial charge in [0, 0.05) is 37.2 Å². The van der Waals surface area contributed by atoms with Crippen LogP contribution >= 0.6 is 11.3 Å². The topological polar surface area (TPSA) is 52.6 Å². The second-order valence-electron chi connectivity index (χ2n) is 5.63. The maximum Gasteiger partial charge on any atom is 0.191 e. The minimum Gasteiger partial charge on any atom is -0.373 e. The zero-order valence-electron chi connectivity index (χ0n) is 15.0. The molecule has 0 amide bonds. The molecule has 0 fully saturated rings. The van der Waals surface area contributed by atoms with Gasteiger partial charge in [-0.05, 0) is 32.9 Å². The Balaban J connectivity index is 1.85. The number of aryl methyl sites for hydroxylation is 2. The third-order valence-electron chi connectivity index (χ3n) is 3.73. The molecule has 2 aromatic rings. The van der Waals surface area contributed by atoms with Gasteiger partial charge in [0.05, 0.1) is 12.2 Å². The van der Waals surface area contributed by atoms with Gasteiger partial charge in [-0.2, -0.15) is 0 Å². The summed E-state index contributed by atoms with van der Waals surface area (Å²) in [6, 6.07) is 10.4. The molecule has 0 saturated carbocycles. The maximum absolute atomic E-state index is 4.63. The SMILES string of the molecule is CCNC(=NCc1nc(C)c(C)s1)NCCN(C)c1ccccc1. The van der Waals surface area contributed by atoms with E-state index < -0.39 is 0 Å². The fourth-order valence-electron chi connectivity index (χ4n) is 2.25. The standard InChI is InChI=1S/C18H27N5S/c1-5-19-18(21-13-17-22-14(2)15(3)24-17)20-11-12-23(4)16-9-7-6-8-10-16/h6-10H,5,11-13H2,1-4H3,(H2,19,20,21).